The molecule has 0 heterocycles. The number of aromatic hydroxyl groups is 2. The number of phenolic OH excluding ortho intramolecular Hbond substituents is 2. The minimum Gasteiger partial charge on any atom is -0.507 e. The van der Waals surface area contributed by atoms with E-state index in [1.807, 2.05) is 52.0 Å². The van der Waals surface area contributed by atoms with Crippen molar-refractivity contribution in [3.05, 3.63) is 57.6 Å². The van der Waals surface area contributed by atoms with Gasteiger partial charge in [-0.3, -0.25) is 4.79 Å². The fraction of sp³-hybridized carbons (Fsp3) is 0.350. The van der Waals surface area contributed by atoms with Crippen molar-refractivity contribution in [3.8, 4) is 11.5 Å². The smallest absolute Gasteiger partial charge is 0.313 e. The fourth-order valence-electron chi connectivity index (χ4n) is 2.80. The van der Waals surface area contributed by atoms with Crippen LogP contribution in [0.5, 0.6) is 11.5 Å². The lowest BCUT2D eigenvalue weighted by Gasteiger charge is -2.28. The number of phenols is 2. The summed E-state index contributed by atoms with van der Waals surface area (Å²) >= 11 is 8.80. The summed E-state index contributed by atoms with van der Waals surface area (Å²) in [7, 11) is 0. The summed E-state index contributed by atoms with van der Waals surface area (Å²) in [6, 6.07) is 8.17. The Kier molecular flexibility index (Phi) is 6.92. The lowest BCUT2D eigenvalue weighted by molar-refractivity contribution is 0.275. The van der Waals surface area contributed by atoms with Crippen LogP contribution in [-0.4, -0.2) is 14.9 Å². The molecule has 0 radical (unpaired) electrons. The van der Waals surface area contributed by atoms with E-state index in [1.54, 1.807) is 0 Å². The van der Waals surface area contributed by atoms with Crippen LogP contribution >= 0.6 is 23.2 Å². The molecule has 0 aliphatic heterocycles. The lowest BCUT2D eigenvalue weighted by atomic mass is 9.76. The highest BCUT2D eigenvalue weighted by molar-refractivity contribution is 6.93. The molecule has 0 fully saturated rings. The molecule has 0 bridgehead atoms. The SMILES string of the molecule is Cc1cc(C(C)(C)c2cc(C)c(O)c(C)c2)cc(C)c1O.O=C(Cl)Cl. The topological polar surface area (TPSA) is 57.5 Å². The molecule has 0 saturated heterocycles. The summed E-state index contributed by atoms with van der Waals surface area (Å²) in [6.07, 6.45) is 0. The van der Waals surface area contributed by atoms with E-state index in [0.717, 1.165) is 22.3 Å². The molecule has 0 spiro atoms. The maximum Gasteiger partial charge on any atom is 0.313 e. The maximum atomic E-state index is 9.96. The molecule has 2 N–H and O–H groups in total. The zero-order valence-corrected chi connectivity index (χ0v) is 16.9. The first-order valence-corrected chi connectivity index (χ1v) is 8.59. The summed E-state index contributed by atoms with van der Waals surface area (Å²) in [5, 5.41) is 19.9. The van der Waals surface area contributed by atoms with Crippen LogP contribution in [0.4, 0.5) is 4.79 Å². The van der Waals surface area contributed by atoms with E-state index >= 15 is 0 Å². The number of rotatable bonds is 2. The van der Waals surface area contributed by atoms with Crippen molar-refractivity contribution in [1.29, 1.82) is 0 Å². The minimum atomic E-state index is -0.889. The molecule has 136 valence electrons. The van der Waals surface area contributed by atoms with Crippen LogP contribution in [0, 0.1) is 27.7 Å². The second-order valence-electron chi connectivity index (χ2n) is 6.77. The third kappa shape index (κ3) is 5.13. The molecule has 0 aliphatic rings. The Labute approximate surface area is 159 Å². The molecule has 0 atom stereocenters. The van der Waals surface area contributed by atoms with E-state index in [2.05, 4.69) is 37.0 Å². The van der Waals surface area contributed by atoms with Gasteiger partial charge in [-0.25, -0.2) is 0 Å². The summed E-state index contributed by atoms with van der Waals surface area (Å²) < 4.78 is -0.889. The molecule has 0 aliphatic carbocycles. The quantitative estimate of drug-likeness (QED) is 0.604. The summed E-state index contributed by atoms with van der Waals surface area (Å²) in [6.45, 7) is 12.0. The Morgan fingerprint density at radius 1 is 0.760 bits per heavy atom. The highest BCUT2D eigenvalue weighted by atomic mass is 35.5. The van der Waals surface area contributed by atoms with E-state index in [4.69, 9.17) is 4.79 Å². The van der Waals surface area contributed by atoms with Gasteiger partial charge in [0.25, 0.3) is 0 Å². The van der Waals surface area contributed by atoms with Crippen molar-refractivity contribution >= 4 is 27.9 Å². The standard InChI is InChI=1S/C19H24O2.CCl2O/c1-11-7-15(8-12(2)17(11)20)19(5,6)16-9-13(3)18(21)14(4)10-16;2-1(3)4/h7-10,20-21H,1-6H3;. The summed E-state index contributed by atoms with van der Waals surface area (Å²) in [5.74, 6) is 0.736. The third-order valence-corrected chi connectivity index (χ3v) is 4.43. The molecule has 2 aromatic carbocycles. The third-order valence-electron chi connectivity index (χ3n) is 4.43. The highest BCUT2D eigenvalue weighted by Gasteiger charge is 2.25. The Hall–Kier alpha value is -1.71. The van der Waals surface area contributed by atoms with Crippen LogP contribution in [0.15, 0.2) is 24.3 Å². The molecule has 25 heavy (non-hydrogen) atoms. The molecule has 5 heteroatoms. The Balaban J connectivity index is 0.000000705. The molecular formula is C20H24Cl2O3. The Morgan fingerprint density at radius 2 is 0.960 bits per heavy atom. The molecule has 0 amide bonds. The van der Waals surface area contributed by atoms with Gasteiger partial charge in [-0.1, -0.05) is 38.1 Å². The van der Waals surface area contributed by atoms with Crippen molar-refractivity contribution in [2.24, 2.45) is 0 Å². The number of aryl methyl sites for hydroxylation is 4. The maximum absolute atomic E-state index is 9.96. The van der Waals surface area contributed by atoms with Crippen LogP contribution in [0.1, 0.15) is 47.2 Å². The molecule has 0 saturated carbocycles. The number of hydrogen-bond acceptors (Lipinski definition) is 3. The second-order valence-corrected chi connectivity index (χ2v) is 7.65. The number of carbonyl (C=O) groups excluding carboxylic acids is 1. The van der Waals surface area contributed by atoms with Gasteiger partial charge in [0.15, 0.2) is 0 Å². The van der Waals surface area contributed by atoms with Crippen molar-refractivity contribution < 1.29 is 15.0 Å². The van der Waals surface area contributed by atoms with Crippen molar-refractivity contribution in [3.63, 3.8) is 0 Å². The largest absolute Gasteiger partial charge is 0.507 e. The van der Waals surface area contributed by atoms with Gasteiger partial charge in [-0.15, -0.1) is 0 Å². The molecular weight excluding hydrogens is 359 g/mol. The molecule has 0 aromatic heterocycles. The van der Waals surface area contributed by atoms with Gasteiger partial charge < -0.3 is 10.2 Å². The van der Waals surface area contributed by atoms with Gasteiger partial charge in [0.05, 0.1) is 0 Å². The van der Waals surface area contributed by atoms with Gasteiger partial charge in [0.1, 0.15) is 11.5 Å². The predicted octanol–water partition coefficient (Wildman–Crippen LogP) is 6.24. The second kappa shape index (κ2) is 8.11. The van der Waals surface area contributed by atoms with Crippen LogP contribution in [-0.2, 0) is 5.41 Å². The average molecular weight is 383 g/mol. The van der Waals surface area contributed by atoms with Crippen molar-refractivity contribution in [2.45, 2.75) is 47.0 Å². The van der Waals surface area contributed by atoms with E-state index in [1.165, 1.54) is 11.1 Å². The average Bonchev–Trinajstić information content (AvgIpc) is 2.48. The zero-order valence-electron chi connectivity index (χ0n) is 15.4. The molecule has 2 rings (SSSR count). The van der Waals surface area contributed by atoms with Crippen LogP contribution in [0.3, 0.4) is 0 Å². The van der Waals surface area contributed by atoms with Crippen LogP contribution in [0.2, 0.25) is 0 Å². The number of hydrogen-bond donors (Lipinski definition) is 2. The molecule has 3 nitrogen and oxygen atoms in total. The van der Waals surface area contributed by atoms with Gasteiger partial charge in [-0.2, -0.15) is 0 Å². The van der Waals surface area contributed by atoms with Gasteiger partial charge in [-0.05, 0) is 84.3 Å². The predicted molar refractivity (Wildman–Crippen MR) is 104 cm³/mol. The summed E-state index contributed by atoms with van der Waals surface area (Å²) in [4.78, 5) is 8.98. The van der Waals surface area contributed by atoms with E-state index < -0.39 is 4.70 Å². The van der Waals surface area contributed by atoms with Crippen LogP contribution in [0.25, 0.3) is 0 Å². The van der Waals surface area contributed by atoms with Crippen molar-refractivity contribution in [1.82, 2.24) is 0 Å². The minimum absolute atomic E-state index is 0.188. The fourth-order valence-corrected chi connectivity index (χ4v) is 2.80. The van der Waals surface area contributed by atoms with Gasteiger partial charge in [0.2, 0.25) is 0 Å². The summed E-state index contributed by atoms with van der Waals surface area (Å²) in [5.41, 5.74) is 5.72. The monoisotopic (exact) mass is 382 g/mol. The highest BCUT2D eigenvalue weighted by Crippen LogP contribution is 2.37. The first kappa shape index (κ1) is 21.3. The number of benzene rings is 2. The van der Waals surface area contributed by atoms with Gasteiger partial charge >= 0.3 is 4.70 Å². The number of carbonyl (C=O) groups is 1. The first-order valence-electron chi connectivity index (χ1n) is 7.84. The van der Waals surface area contributed by atoms with E-state index in [0.29, 0.717) is 11.5 Å². The van der Waals surface area contributed by atoms with Gasteiger partial charge in [0, 0.05) is 5.41 Å². The molecule has 0 unspecified atom stereocenters. The van der Waals surface area contributed by atoms with E-state index in [9.17, 15) is 10.2 Å². The Morgan fingerprint density at radius 3 is 1.16 bits per heavy atom. The van der Waals surface area contributed by atoms with Crippen LogP contribution < -0.4 is 0 Å². The van der Waals surface area contributed by atoms with Crippen molar-refractivity contribution in [2.75, 3.05) is 0 Å². The lowest BCUT2D eigenvalue weighted by Crippen LogP contribution is -2.19. The number of halogens is 2. The zero-order chi connectivity index (χ0) is 19.5. The normalized spacial score (nSPS) is 10.9. The first-order chi connectivity index (χ1) is 11.4. The Bertz CT molecular complexity index is 686. The van der Waals surface area contributed by atoms with E-state index in [-0.39, 0.29) is 5.41 Å². The molecule has 2 aromatic rings.